The first-order chi connectivity index (χ1) is 13.4. The summed E-state index contributed by atoms with van der Waals surface area (Å²) in [6.07, 6.45) is 2.77. The topological polar surface area (TPSA) is 34.1 Å². The molecule has 1 unspecified atom stereocenters. The van der Waals surface area contributed by atoms with E-state index >= 15 is 0 Å². The van der Waals surface area contributed by atoms with Gasteiger partial charge in [-0.15, -0.1) is 0 Å². The molecule has 2 rings (SSSR count). The van der Waals surface area contributed by atoms with Crippen molar-refractivity contribution in [2.75, 3.05) is 6.54 Å². The van der Waals surface area contributed by atoms with Gasteiger partial charge < -0.3 is 9.74 Å². The normalized spacial score (nSPS) is 13.0. The van der Waals surface area contributed by atoms with Gasteiger partial charge in [0.15, 0.2) is 20.0 Å². The van der Waals surface area contributed by atoms with Crippen LogP contribution in [0.5, 0.6) is 0 Å². The molecule has 0 aliphatic carbocycles. The SMILES string of the molecule is CC[Si](CC)(CC)OC(CNCc1ccc(F)c(F)c1)c1c(Cl)cncc1Cl. The Labute approximate surface area is 176 Å². The predicted octanol–water partition coefficient (Wildman–Crippen LogP) is 6.52. The number of pyridine rings is 1. The van der Waals surface area contributed by atoms with Crippen LogP contribution >= 0.6 is 23.2 Å². The number of nitrogens with one attached hydrogen (secondary N) is 1. The summed E-state index contributed by atoms with van der Waals surface area (Å²) in [6.45, 7) is 7.27. The zero-order valence-corrected chi connectivity index (χ0v) is 18.9. The molecule has 154 valence electrons. The van der Waals surface area contributed by atoms with Crippen molar-refractivity contribution in [1.82, 2.24) is 10.3 Å². The van der Waals surface area contributed by atoms with Gasteiger partial charge in [-0.2, -0.15) is 0 Å². The second kappa shape index (κ2) is 10.6. The molecule has 8 heteroatoms. The molecule has 1 heterocycles. The van der Waals surface area contributed by atoms with E-state index in [9.17, 15) is 8.78 Å². The van der Waals surface area contributed by atoms with Crippen molar-refractivity contribution in [3.8, 4) is 0 Å². The van der Waals surface area contributed by atoms with E-state index in [0.29, 0.717) is 34.3 Å². The maximum Gasteiger partial charge on any atom is 0.192 e. The summed E-state index contributed by atoms with van der Waals surface area (Å²) in [4.78, 5) is 4.02. The maximum absolute atomic E-state index is 13.4. The Morgan fingerprint density at radius 3 is 2.18 bits per heavy atom. The van der Waals surface area contributed by atoms with Crippen LogP contribution in [0.4, 0.5) is 8.78 Å². The summed E-state index contributed by atoms with van der Waals surface area (Å²) < 4.78 is 33.2. The van der Waals surface area contributed by atoms with Crippen LogP contribution in [0.25, 0.3) is 0 Å². The van der Waals surface area contributed by atoms with Gasteiger partial charge in [0.05, 0.1) is 16.1 Å². The third kappa shape index (κ3) is 5.73. The van der Waals surface area contributed by atoms with Crippen molar-refractivity contribution in [3.63, 3.8) is 0 Å². The van der Waals surface area contributed by atoms with Gasteiger partial charge in [-0.1, -0.05) is 50.0 Å². The Bertz CT molecular complexity index is 762. The highest BCUT2D eigenvalue weighted by molar-refractivity contribution is 6.73. The Hall–Kier alpha value is -1.05. The molecule has 0 amide bonds. The lowest BCUT2D eigenvalue weighted by Crippen LogP contribution is -2.40. The van der Waals surface area contributed by atoms with Gasteiger partial charge in [0, 0.05) is 31.0 Å². The van der Waals surface area contributed by atoms with Crippen LogP contribution in [-0.2, 0) is 11.0 Å². The largest absolute Gasteiger partial charge is 0.409 e. The van der Waals surface area contributed by atoms with Gasteiger partial charge in [0.2, 0.25) is 0 Å². The number of halogens is 4. The number of benzene rings is 1. The van der Waals surface area contributed by atoms with Crippen molar-refractivity contribution >= 4 is 31.5 Å². The van der Waals surface area contributed by atoms with Gasteiger partial charge >= 0.3 is 0 Å². The highest BCUT2D eigenvalue weighted by Crippen LogP contribution is 2.36. The predicted molar refractivity (Wildman–Crippen MR) is 113 cm³/mol. The third-order valence-corrected chi connectivity index (χ3v) is 10.4. The van der Waals surface area contributed by atoms with Gasteiger partial charge in [-0.25, -0.2) is 8.78 Å². The second-order valence-electron chi connectivity index (χ2n) is 6.75. The first kappa shape index (κ1) is 23.2. The molecular weight excluding hydrogens is 421 g/mol. The average Bonchev–Trinajstić information content (AvgIpc) is 2.68. The van der Waals surface area contributed by atoms with Crippen molar-refractivity contribution in [3.05, 3.63) is 63.4 Å². The molecule has 0 bridgehead atoms. The summed E-state index contributed by atoms with van der Waals surface area (Å²) in [5.41, 5.74) is 1.36. The zero-order valence-electron chi connectivity index (χ0n) is 16.4. The number of nitrogens with zero attached hydrogens (tertiary/aromatic N) is 1. The summed E-state index contributed by atoms with van der Waals surface area (Å²) in [7, 11) is -1.94. The highest BCUT2D eigenvalue weighted by Gasteiger charge is 2.34. The molecule has 2 aromatic rings. The first-order valence-corrected chi connectivity index (χ1v) is 12.8. The van der Waals surface area contributed by atoms with Gasteiger partial charge in [0.25, 0.3) is 0 Å². The van der Waals surface area contributed by atoms with E-state index in [2.05, 4.69) is 31.1 Å². The maximum atomic E-state index is 13.4. The van der Waals surface area contributed by atoms with E-state index in [1.807, 2.05) is 0 Å². The van der Waals surface area contributed by atoms with Crippen LogP contribution in [0.1, 0.15) is 38.0 Å². The Balaban J connectivity index is 2.21. The summed E-state index contributed by atoms with van der Waals surface area (Å²) in [6, 6.07) is 6.82. The summed E-state index contributed by atoms with van der Waals surface area (Å²) in [5, 5.41) is 4.18. The minimum Gasteiger partial charge on any atom is -0.409 e. The van der Waals surface area contributed by atoms with Crippen molar-refractivity contribution < 1.29 is 13.2 Å². The molecule has 1 aromatic heterocycles. The lowest BCUT2D eigenvalue weighted by Gasteiger charge is -2.34. The molecular formula is C20H26Cl2F2N2OSi. The Morgan fingerprint density at radius 1 is 1.04 bits per heavy atom. The first-order valence-electron chi connectivity index (χ1n) is 9.47. The average molecular weight is 447 g/mol. The van der Waals surface area contributed by atoms with Crippen LogP contribution < -0.4 is 5.32 Å². The van der Waals surface area contributed by atoms with Crippen LogP contribution in [0.15, 0.2) is 30.6 Å². The molecule has 0 aliphatic rings. The lowest BCUT2D eigenvalue weighted by molar-refractivity contribution is 0.186. The zero-order chi connectivity index (χ0) is 20.7. The fourth-order valence-electron chi connectivity index (χ4n) is 3.23. The van der Waals surface area contributed by atoms with E-state index in [1.165, 1.54) is 6.07 Å². The molecule has 1 aromatic carbocycles. The number of rotatable bonds is 10. The van der Waals surface area contributed by atoms with Gasteiger partial charge in [-0.05, 0) is 35.8 Å². The minimum absolute atomic E-state index is 0.347. The fourth-order valence-corrected chi connectivity index (χ4v) is 6.64. The van der Waals surface area contributed by atoms with Crippen molar-refractivity contribution in [1.29, 1.82) is 0 Å². The quantitative estimate of drug-likeness (QED) is 0.421. The van der Waals surface area contributed by atoms with Crippen LogP contribution in [0.2, 0.25) is 28.2 Å². The van der Waals surface area contributed by atoms with Crippen LogP contribution in [-0.4, -0.2) is 19.8 Å². The third-order valence-electron chi connectivity index (χ3n) is 5.18. The van der Waals surface area contributed by atoms with Gasteiger partial charge in [0.1, 0.15) is 0 Å². The molecule has 0 aliphatic heterocycles. The fraction of sp³-hybridized carbons (Fsp3) is 0.450. The standard InChI is InChI=1S/C20H26Cl2F2N2OSi/c1-4-28(5-2,6-3)27-19(20-15(21)11-26-12-16(20)22)13-25-10-14-7-8-17(23)18(24)9-14/h7-9,11-12,19,25H,4-6,10,13H2,1-3H3. The highest BCUT2D eigenvalue weighted by atomic mass is 35.5. The summed E-state index contributed by atoms with van der Waals surface area (Å²) in [5.74, 6) is -1.72. The molecule has 0 fully saturated rings. The molecule has 0 radical (unpaired) electrons. The molecule has 0 spiro atoms. The minimum atomic E-state index is -1.94. The van der Waals surface area contributed by atoms with E-state index in [1.54, 1.807) is 18.5 Å². The van der Waals surface area contributed by atoms with E-state index in [0.717, 1.165) is 24.2 Å². The van der Waals surface area contributed by atoms with Gasteiger partial charge in [-0.3, -0.25) is 4.98 Å². The molecule has 1 N–H and O–H groups in total. The van der Waals surface area contributed by atoms with Crippen molar-refractivity contribution in [2.45, 2.75) is 51.6 Å². The number of hydrogen-bond acceptors (Lipinski definition) is 3. The molecule has 0 saturated heterocycles. The molecule has 28 heavy (non-hydrogen) atoms. The number of hydrogen-bond donors (Lipinski definition) is 1. The monoisotopic (exact) mass is 446 g/mol. The molecule has 3 nitrogen and oxygen atoms in total. The molecule has 1 atom stereocenters. The van der Waals surface area contributed by atoms with Crippen LogP contribution in [0.3, 0.4) is 0 Å². The molecule has 0 saturated carbocycles. The summed E-state index contributed by atoms with van der Waals surface area (Å²) >= 11 is 12.8. The smallest absolute Gasteiger partial charge is 0.192 e. The lowest BCUT2D eigenvalue weighted by atomic mass is 10.1. The van der Waals surface area contributed by atoms with Crippen LogP contribution in [0, 0.1) is 11.6 Å². The van der Waals surface area contributed by atoms with E-state index < -0.39 is 20.0 Å². The Morgan fingerprint density at radius 2 is 1.64 bits per heavy atom. The van der Waals surface area contributed by atoms with E-state index in [4.69, 9.17) is 27.6 Å². The Kier molecular flexibility index (Phi) is 8.83. The van der Waals surface area contributed by atoms with E-state index in [-0.39, 0.29) is 6.10 Å². The number of aromatic nitrogens is 1. The van der Waals surface area contributed by atoms with Crippen molar-refractivity contribution in [2.24, 2.45) is 0 Å². The second-order valence-corrected chi connectivity index (χ2v) is 12.3.